The van der Waals surface area contributed by atoms with Crippen molar-refractivity contribution < 1.29 is 32.2 Å². The molecule has 0 saturated carbocycles. The Kier molecular flexibility index (Phi) is 7.46. The van der Waals surface area contributed by atoms with Crippen molar-refractivity contribution in [1.29, 1.82) is 0 Å². The standard InChI is InChI=1S/C17H26N2O7S/c1-17(2,3)26-16(21)19(4)9-10-25-12-7-8-14(18-27(6,22)23)13(11-12)15(20)24-5/h7-8,11,18H,9-10H2,1-6H3. The van der Waals surface area contributed by atoms with Crippen molar-refractivity contribution in [2.75, 3.05) is 38.3 Å². The van der Waals surface area contributed by atoms with Gasteiger partial charge in [-0.25, -0.2) is 18.0 Å². The summed E-state index contributed by atoms with van der Waals surface area (Å²) < 4.78 is 40.5. The third-order valence-electron chi connectivity index (χ3n) is 3.09. The van der Waals surface area contributed by atoms with Gasteiger partial charge in [0, 0.05) is 7.05 Å². The van der Waals surface area contributed by atoms with Crippen LogP contribution < -0.4 is 9.46 Å². The minimum Gasteiger partial charge on any atom is -0.492 e. The first-order chi connectivity index (χ1) is 12.3. The molecule has 0 heterocycles. The highest BCUT2D eigenvalue weighted by atomic mass is 32.2. The summed E-state index contributed by atoms with van der Waals surface area (Å²) in [6.07, 6.45) is 0.499. The van der Waals surface area contributed by atoms with E-state index >= 15 is 0 Å². The molecule has 0 bridgehead atoms. The first-order valence-corrected chi connectivity index (χ1v) is 9.98. The molecule has 0 aliphatic rings. The van der Waals surface area contributed by atoms with E-state index in [1.165, 1.54) is 30.2 Å². The highest BCUT2D eigenvalue weighted by Crippen LogP contribution is 2.24. The zero-order valence-corrected chi connectivity index (χ0v) is 17.2. The number of anilines is 1. The van der Waals surface area contributed by atoms with Gasteiger partial charge in [-0.1, -0.05) is 0 Å². The predicted molar refractivity (Wildman–Crippen MR) is 101 cm³/mol. The van der Waals surface area contributed by atoms with Gasteiger partial charge in [0.15, 0.2) is 0 Å². The number of methoxy groups -OCH3 is 1. The fraction of sp³-hybridized carbons (Fsp3) is 0.529. The van der Waals surface area contributed by atoms with E-state index in [2.05, 4.69) is 9.46 Å². The van der Waals surface area contributed by atoms with Crippen LogP contribution in [0.4, 0.5) is 10.5 Å². The van der Waals surface area contributed by atoms with E-state index < -0.39 is 27.7 Å². The lowest BCUT2D eigenvalue weighted by atomic mass is 10.2. The van der Waals surface area contributed by atoms with Gasteiger partial charge in [0.2, 0.25) is 10.0 Å². The summed E-state index contributed by atoms with van der Waals surface area (Å²) in [7, 11) is -0.794. The molecule has 0 fully saturated rings. The van der Waals surface area contributed by atoms with Gasteiger partial charge < -0.3 is 19.1 Å². The van der Waals surface area contributed by atoms with Crippen LogP contribution in [0.15, 0.2) is 18.2 Å². The highest BCUT2D eigenvalue weighted by molar-refractivity contribution is 7.92. The van der Waals surface area contributed by atoms with Crippen molar-refractivity contribution in [3.05, 3.63) is 23.8 Å². The molecule has 0 unspecified atom stereocenters. The Morgan fingerprint density at radius 3 is 2.37 bits per heavy atom. The summed E-state index contributed by atoms with van der Waals surface area (Å²) in [6, 6.07) is 4.28. The third kappa shape index (κ3) is 8.16. The molecule has 1 aromatic carbocycles. The first kappa shape index (κ1) is 22.6. The number of ether oxygens (including phenoxy) is 3. The van der Waals surface area contributed by atoms with Crippen LogP contribution in [0.3, 0.4) is 0 Å². The van der Waals surface area contributed by atoms with E-state index in [9.17, 15) is 18.0 Å². The summed E-state index contributed by atoms with van der Waals surface area (Å²) in [5, 5.41) is 0. The van der Waals surface area contributed by atoms with Gasteiger partial charge in [-0.15, -0.1) is 0 Å². The molecule has 152 valence electrons. The molecule has 0 atom stereocenters. The maximum atomic E-state index is 11.9. The Bertz CT molecular complexity index is 785. The van der Waals surface area contributed by atoms with Crippen molar-refractivity contribution in [3.8, 4) is 5.75 Å². The van der Waals surface area contributed by atoms with E-state index in [4.69, 9.17) is 9.47 Å². The summed E-state index contributed by atoms with van der Waals surface area (Å²) in [4.78, 5) is 25.1. The maximum Gasteiger partial charge on any atom is 0.410 e. The first-order valence-electron chi connectivity index (χ1n) is 8.09. The second-order valence-electron chi connectivity index (χ2n) is 6.82. The lowest BCUT2D eigenvalue weighted by Crippen LogP contribution is -2.36. The Morgan fingerprint density at radius 2 is 1.85 bits per heavy atom. The Labute approximate surface area is 159 Å². The Hall–Kier alpha value is -2.49. The molecule has 1 rings (SSSR count). The SMILES string of the molecule is COC(=O)c1cc(OCCN(C)C(=O)OC(C)(C)C)ccc1NS(C)(=O)=O. The van der Waals surface area contributed by atoms with Crippen LogP contribution >= 0.6 is 0 Å². The molecule has 1 aromatic rings. The number of carbonyl (C=O) groups is 2. The van der Waals surface area contributed by atoms with Crippen LogP contribution in [-0.2, 0) is 19.5 Å². The van der Waals surface area contributed by atoms with Gasteiger partial charge in [0.25, 0.3) is 0 Å². The van der Waals surface area contributed by atoms with E-state index in [0.717, 1.165) is 6.26 Å². The molecule has 9 nitrogen and oxygen atoms in total. The molecule has 0 aliphatic carbocycles. The minimum atomic E-state index is -3.56. The van der Waals surface area contributed by atoms with Gasteiger partial charge in [-0.3, -0.25) is 4.72 Å². The molecular formula is C17H26N2O7S. The molecule has 0 aliphatic heterocycles. The van der Waals surface area contributed by atoms with Crippen LogP contribution in [0.5, 0.6) is 5.75 Å². The fourth-order valence-corrected chi connectivity index (χ4v) is 2.49. The smallest absolute Gasteiger partial charge is 0.410 e. The molecule has 10 heteroatoms. The summed E-state index contributed by atoms with van der Waals surface area (Å²) in [5.41, 5.74) is -0.493. The molecule has 0 spiro atoms. The number of sulfonamides is 1. The quantitative estimate of drug-likeness (QED) is 0.695. The largest absolute Gasteiger partial charge is 0.492 e. The second kappa shape index (κ2) is 8.94. The molecule has 0 saturated heterocycles. The monoisotopic (exact) mass is 402 g/mol. The lowest BCUT2D eigenvalue weighted by molar-refractivity contribution is 0.0278. The van der Waals surface area contributed by atoms with Crippen molar-refractivity contribution in [1.82, 2.24) is 4.90 Å². The zero-order chi connectivity index (χ0) is 20.8. The predicted octanol–water partition coefficient (Wildman–Crippen LogP) is 2.09. The third-order valence-corrected chi connectivity index (χ3v) is 3.68. The van der Waals surface area contributed by atoms with Gasteiger partial charge in [-0.2, -0.15) is 0 Å². The number of nitrogens with zero attached hydrogens (tertiary/aromatic N) is 1. The number of nitrogens with one attached hydrogen (secondary N) is 1. The summed E-state index contributed by atoms with van der Waals surface area (Å²) in [5.74, 6) is -0.385. The van der Waals surface area contributed by atoms with Crippen molar-refractivity contribution in [2.45, 2.75) is 26.4 Å². The summed E-state index contributed by atoms with van der Waals surface area (Å²) in [6.45, 7) is 5.72. The van der Waals surface area contributed by atoms with Crippen LogP contribution in [0.25, 0.3) is 0 Å². The van der Waals surface area contributed by atoms with Crippen LogP contribution in [-0.4, -0.2) is 64.5 Å². The number of esters is 1. The molecule has 1 N–H and O–H groups in total. The number of amides is 1. The van der Waals surface area contributed by atoms with E-state index in [1.807, 2.05) is 0 Å². The number of hydrogen-bond acceptors (Lipinski definition) is 7. The highest BCUT2D eigenvalue weighted by Gasteiger charge is 2.20. The van der Waals surface area contributed by atoms with Gasteiger partial charge in [0.1, 0.15) is 18.0 Å². The van der Waals surface area contributed by atoms with E-state index in [1.54, 1.807) is 27.8 Å². The minimum absolute atomic E-state index is 0.0147. The molecule has 1 amide bonds. The number of carbonyl (C=O) groups excluding carboxylic acids is 2. The maximum absolute atomic E-state index is 11.9. The zero-order valence-electron chi connectivity index (χ0n) is 16.4. The lowest BCUT2D eigenvalue weighted by Gasteiger charge is -2.24. The van der Waals surface area contributed by atoms with E-state index in [0.29, 0.717) is 5.75 Å². The van der Waals surface area contributed by atoms with E-state index in [-0.39, 0.29) is 24.4 Å². The van der Waals surface area contributed by atoms with Gasteiger partial charge in [-0.05, 0) is 39.0 Å². The molecule has 0 radical (unpaired) electrons. The van der Waals surface area contributed by atoms with Gasteiger partial charge in [0.05, 0.1) is 31.2 Å². The van der Waals surface area contributed by atoms with Gasteiger partial charge >= 0.3 is 12.1 Å². The number of rotatable bonds is 7. The van der Waals surface area contributed by atoms with Crippen LogP contribution in [0.1, 0.15) is 31.1 Å². The average molecular weight is 402 g/mol. The topological polar surface area (TPSA) is 111 Å². The van der Waals surface area contributed by atoms with Crippen molar-refractivity contribution >= 4 is 27.8 Å². The normalized spacial score (nSPS) is 11.5. The Morgan fingerprint density at radius 1 is 1.22 bits per heavy atom. The van der Waals surface area contributed by atoms with Crippen LogP contribution in [0.2, 0.25) is 0 Å². The van der Waals surface area contributed by atoms with Crippen molar-refractivity contribution in [2.24, 2.45) is 0 Å². The molecule has 0 aromatic heterocycles. The number of likely N-dealkylation sites (N-methyl/N-ethyl adjacent to an activating group) is 1. The Balaban J connectivity index is 2.78. The van der Waals surface area contributed by atoms with Crippen LogP contribution in [0, 0.1) is 0 Å². The van der Waals surface area contributed by atoms with Crippen molar-refractivity contribution in [3.63, 3.8) is 0 Å². The molecule has 27 heavy (non-hydrogen) atoms. The molecular weight excluding hydrogens is 376 g/mol. The average Bonchev–Trinajstić information content (AvgIpc) is 2.52. The fourth-order valence-electron chi connectivity index (χ4n) is 1.91. The number of benzene rings is 1. The second-order valence-corrected chi connectivity index (χ2v) is 8.57. The number of hydrogen-bond donors (Lipinski definition) is 1. The summed E-state index contributed by atoms with van der Waals surface area (Å²) >= 11 is 0.